The number of hydrogen-bond acceptors (Lipinski definition) is 2. The molecule has 0 saturated heterocycles. The molecule has 0 bridgehead atoms. The Labute approximate surface area is 93.7 Å². The molecule has 0 spiro atoms. The van der Waals surface area contributed by atoms with Gasteiger partial charge in [-0.05, 0) is 18.2 Å². The van der Waals surface area contributed by atoms with Gasteiger partial charge in [0.1, 0.15) is 11.6 Å². The van der Waals surface area contributed by atoms with E-state index >= 15 is 0 Å². The van der Waals surface area contributed by atoms with Crippen LogP contribution in [-0.4, -0.2) is 11.7 Å². The van der Waals surface area contributed by atoms with Crippen molar-refractivity contribution < 1.29 is 14.0 Å². The summed E-state index contributed by atoms with van der Waals surface area (Å²) in [6.45, 7) is 3.47. The van der Waals surface area contributed by atoms with Crippen molar-refractivity contribution in [2.24, 2.45) is 5.92 Å². The van der Waals surface area contributed by atoms with Gasteiger partial charge in [0.15, 0.2) is 0 Å². The average Bonchev–Trinajstić information content (AvgIpc) is 2.16. The summed E-state index contributed by atoms with van der Waals surface area (Å²) in [4.78, 5) is 22.7. The molecule has 3 nitrogen and oxygen atoms in total. The molecule has 1 aromatic carbocycles. The first-order valence-electron chi connectivity index (χ1n) is 5.07. The molecule has 1 amide bonds. The van der Waals surface area contributed by atoms with Gasteiger partial charge in [-0.15, -0.1) is 0 Å². The number of rotatable bonds is 4. The number of hydrogen-bond donors (Lipinski definition) is 1. The van der Waals surface area contributed by atoms with Crippen molar-refractivity contribution in [2.45, 2.75) is 20.3 Å². The second-order valence-corrected chi connectivity index (χ2v) is 3.86. The third-order valence-electron chi connectivity index (χ3n) is 2.09. The second kappa shape index (κ2) is 5.39. The van der Waals surface area contributed by atoms with Crippen molar-refractivity contribution in [3.8, 4) is 0 Å². The van der Waals surface area contributed by atoms with Crippen LogP contribution in [0.1, 0.15) is 20.3 Å². The monoisotopic (exact) mass is 223 g/mol. The fourth-order valence-electron chi connectivity index (χ4n) is 1.13. The van der Waals surface area contributed by atoms with Crippen molar-refractivity contribution in [1.82, 2.24) is 0 Å². The normalized spacial score (nSPS) is 10.2. The number of anilines is 1. The molecule has 0 unspecified atom stereocenters. The molecule has 0 fully saturated rings. The van der Waals surface area contributed by atoms with Crippen molar-refractivity contribution in [1.29, 1.82) is 0 Å². The molecule has 0 aliphatic heterocycles. The summed E-state index contributed by atoms with van der Waals surface area (Å²) in [6, 6.07) is 5.56. The number of carbonyl (C=O) groups is 2. The van der Waals surface area contributed by atoms with E-state index in [-0.39, 0.29) is 18.1 Å². The van der Waals surface area contributed by atoms with Gasteiger partial charge in [-0.1, -0.05) is 19.9 Å². The number of ketones is 1. The Morgan fingerprint density at radius 2 is 2.06 bits per heavy atom. The van der Waals surface area contributed by atoms with Gasteiger partial charge in [0.25, 0.3) is 0 Å². The van der Waals surface area contributed by atoms with E-state index in [0.717, 1.165) is 0 Å². The van der Waals surface area contributed by atoms with Crippen molar-refractivity contribution in [3.63, 3.8) is 0 Å². The molecule has 0 aromatic heterocycles. The van der Waals surface area contributed by atoms with E-state index in [9.17, 15) is 14.0 Å². The lowest BCUT2D eigenvalue weighted by molar-refractivity contribution is -0.127. The summed E-state index contributed by atoms with van der Waals surface area (Å²) in [7, 11) is 0. The van der Waals surface area contributed by atoms with Crippen LogP contribution in [0.4, 0.5) is 10.1 Å². The van der Waals surface area contributed by atoms with E-state index in [2.05, 4.69) is 5.32 Å². The first kappa shape index (κ1) is 12.4. The fourth-order valence-corrected chi connectivity index (χ4v) is 1.13. The molecule has 0 aliphatic carbocycles. The molecule has 4 heteroatoms. The smallest absolute Gasteiger partial charge is 0.231 e. The Morgan fingerprint density at radius 1 is 1.38 bits per heavy atom. The molecular formula is C12H14FNO2. The van der Waals surface area contributed by atoms with E-state index in [1.807, 2.05) is 0 Å². The molecule has 1 N–H and O–H groups in total. The van der Waals surface area contributed by atoms with Gasteiger partial charge in [0.05, 0.1) is 6.42 Å². The maximum Gasteiger partial charge on any atom is 0.231 e. The number of carbonyl (C=O) groups excluding carboxylic acids is 2. The summed E-state index contributed by atoms with van der Waals surface area (Å²) >= 11 is 0. The highest BCUT2D eigenvalue weighted by molar-refractivity contribution is 6.04. The SMILES string of the molecule is CC(C)C(=O)CC(=O)Nc1cccc(F)c1. The molecule has 0 saturated carbocycles. The lowest BCUT2D eigenvalue weighted by Gasteiger charge is -2.06. The molecule has 0 aliphatic rings. The molecular weight excluding hydrogens is 209 g/mol. The molecule has 1 aromatic rings. The minimum Gasteiger partial charge on any atom is -0.326 e. The van der Waals surface area contributed by atoms with Crippen LogP contribution < -0.4 is 5.32 Å². The van der Waals surface area contributed by atoms with E-state index in [1.54, 1.807) is 19.9 Å². The number of benzene rings is 1. The van der Waals surface area contributed by atoms with Crippen LogP contribution in [0.2, 0.25) is 0 Å². The Kier molecular flexibility index (Phi) is 4.17. The quantitative estimate of drug-likeness (QED) is 0.796. The summed E-state index contributed by atoms with van der Waals surface area (Å²) in [5, 5.41) is 2.47. The Bertz CT molecular complexity index is 402. The Hall–Kier alpha value is -1.71. The van der Waals surface area contributed by atoms with E-state index < -0.39 is 11.7 Å². The zero-order valence-electron chi connectivity index (χ0n) is 9.29. The van der Waals surface area contributed by atoms with Crippen molar-refractivity contribution in [3.05, 3.63) is 30.1 Å². The van der Waals surface area contributed by atoms with Crippen molar-refractivity contribution >= 4 is 17.4 Å². The van der Waals surface area contributed by atoms with Gasteiger partial charge in [0.2, 0.25) is 5.91 Å². The van der Waals surface area contributed by atoms with E-state index in [4.69, 9.17) is 0 Å². The number of Topliss-reactive ketones (excluding diaryl/α,β-unsaturated/α-hetero) is 1. The first-order valence-corrected chi connectivity index (χ1v) is 5.07. The third-order valence-corrected chi connectivity index (χ3v) is 2.09. The molecule has 0 heterocycles. The average molecular weight is 223 g/mol. The van der Waals surface area contributed by atoms with Gasteiger partial charge in [-0.25, -0.2) is 4.39 Å². The molecule has 0 atom stereocenters. The zero-order valence-corrected chi connectivity index (χ0v) is 9.29. The van der Waals surface area contributed by atoms with Crippen LogP contribution in [0.3, 0.4) is 0 Å². The van der Waals surface area contributed by atoms with Gasteiger partial charge in [0, 0.05) is 11.6 Å². The maximum atomic E-state index is 12.8. The van der Waals surface area contributed by atoms with Crippen LogP contribution >= 0.6 is 0 Å². The minimum absolute atomic E-state index is 0.131. The van der Waals surface area contributed by atoms with Crippen LogP contribution in [0.15, 0.2) is 24.3 Å². The standard InChI is InChI=1S/C12H14FNO2/c1-8(2)11(15)7-12(16)14-10-5-3-4-9(13)6-10/h3-6,8H,7H2,1-2H3,(H,14,16). The Balaban J connectivity index is 2.55. The van der Waals surface area contributed by atoms with Crippen molar-refractivity contribution in [2.75, 3.05) is 5.32 Å². The topological polar surface area (TPSA) is 46.2 Å². The van der Waals surface area contributed by atoms with Crippen LogP contribution in [0.25, 0.3) is 0 Å². The van der Waals surface area contributed by atoms with Crippen LogP contribution in [-0.2, 0) is 9.59 Å². The first-order chi connectivity index (χ1) is 7.49. The predicted octanol–water partition coefficient (Wildman–Crippen LogP) is 2.38. The van der Waals surface area contributed by atoms with Crippen LogP contribution in [0, 0.1) is 11.7 Å². The third kappa shape index (κ3) is 3.81. The highest BCUT2D eigenvalue weighted by atomic mass is 19.1. The van der Waals surface area contributed by atoms with E-state index in [1.165, 1.54) is 18.2 Å². The second-order valence-electron chi connectivity index (χ2n) is 3.86. The highest BCUT2D eigenvalue weighted by Gasteiger charge is 2.12. The summed E-state index contributed by atoms with van der Waals surface area (Å²) < 4.78 is 12.8. The lowest BCUT2D eigenvalue weighted by atomic mass is 10.1. The number of nitrogens with one attached hydrogen (secondary N) is 1. The number of amides is 1. The van der Waals surface area contributed by atoms with Gasteiger partial charge < -0.3 is 5.32 Å². The predicted molar refractivity (Wildman–Crippen MR) is 59.5 cm³/mol. The van der Waals surface area contributed by atoms with E-state index in [0.29, 0.717) is 5.69 Å². The maximum absolute atomic E-state index is 12.8. The summed E-state index contributed by atoms with van der Waals surface area (Å²) in [5.41, 5.74) is 0.363. The molecule has 0 radical (unpaired) electrons. The highest BCUT2D eigenvalue weighted by Crippen LogP contribution is 2.10. The molecule has 16 heavy (non-hydrogen) atoms. The Morgan fingerprint density at radius 3 is 2.62 bits per heavy atom. The lowest BCUT2D eigenvalue weighted by Crippen LogP contribution is -2.19. The molecule has 86 valence electrons. The van der Waals surface area contributed by atoms with Crippen LogP contribution in [0.5, 0.6) is 0 Å². The largest absolute Gasteiger partial charge is 0.326 e. The zero-order chi connectivity index (χ0) is 12.1. The number of halogens is 1. The summed E-state index contributed by atoms with van der Waals surface area (Å²) in [6.07, 6.45) is -0.172. The molecule has 1 rings (SSSR count). The summed E-state index contributed by atoms with van der Waals surface area (Å²) in [5.74, 6) is -1.13. The van der Waals surface area contributed by atoms with Gasteiger partial charge in [-0.3, -0.25) is 9.59 Å². The van der Waals surface area contributed by atoms with Gasteiger partial charge in [-0.2, -0.15) is 0 Å². The fraction of sp³-hybridized carbons (Fsp3) is 0.333. The minimum atomic E-state index is -0.423. The van der Waals surface area contributed by atoms with Gasteiger partial charge >= 0.3 is 0 Å².